The predicted molar refractivity (Wildman–Crippen MR) is 57.9 cm³/mol. The van der Waals surface area contributed by atoms with Gasteiger partial charge in [-0.15, -0.1) is 0 Å². The molecule has 0 spiro atoms. The van der Waals surface area contributed by atoms with Gasteiger partial charge in [0, 0.05) is 19.4 Å². The number of amides is 1. The summed E-state index contributed by atoms with van der Waals surface area (Å²) in [6, 6.07) is -0.394. The number of hydrogen-bond acceptors (Lipinski definition) is 3. The zero-order valence-corrected chi connectivity index (χ0v) is 9.23. The molecule has 0 aliphatic heterocycles. The van der Waals surface area contributed by atoms with E-state index in [1.165, 1.54) is 0 Å². The largest absolute Gasteiger partial charge is 0.347 e. The Morgan fingerprint density at radius 3 is 3.00 bits per heavy atom. The van der Waals surface area contributed by atoms with Crippen molar-refractivity contribution in [2.24, 2.45) is 5.73 Å². The number of likely N-dealkylation sites (N-methyl/N-ethyl adjacent to an activating group) is 1. The SMILES string of the molecule is CCCC(N)C(=O)N(C)Cc1ncc[nH]1. The molecule has 1 unspecified atom stereocenters. The van der Waals surface area contributed by atoms with Gasteiger partial charge in [-0.1, -0.05) is 13.3 Å². The number of rotatable bonds is 5. The molecule has 3 N–H and O–H groups in total. The van der Waals surface area contributed by atoms with Gasteiger partial charge in [0.15, 0.2) is 0 Å². The number of carbonyl (C=O) groups excluding carboxylic acids is 1. The van der Waals surface area contributed by atoms with Gasteiger partial charge in [0.05, 0.1) is 12.6 Å². The van der Waals surface area contributed by atoms with E-state index in [1.54, 1.807) is 24.3 Å². The Kier molecular flexibility index (Phi) is 4.30. The summed E-state index contributed by atoms with van der Waals surface area (Å²) >= 11 is 0. The molecule has 1 amide bonds. The first kappa shape index (κ1) is 11.7. The zero-order chi connectivity index (χ0) is 11.3. The van der Waals surface area contributed by atoms with Crippen molar-refractivity contribution >= 4 is 5.91 Å². The molecule has 0 saturated carbocycles. The van der Waals surface area contributed by atoms with Crippen LogP contribution in [0.2, 0.25) is 0 Å². The van der Waals surface area contributed by atoms with Crippen LogP contribution in [0.25, 0.3) is 0 Å². The lowest BCUT2D eigenvalue weighted by Crippen LogP contribution is -2.41. The topological polar surface area (TPSA) is 75.0 Å². The summed E-state index contributed by atoms with van der Waals surface area (Å²) in [5, 5.41) is 0. The number of nitrogens with zero attached hydrogens (tertiary/aromatic N) is 2. The van der Waals surface area contributed by atoms with Gasteiger partial charge in [-0.05, 0) is 6.42 Å². The first-order chi connectivity index (χ1) is 7.15. The molecule has 1 aromatic rings. The Bertz CT molecular complexity index is 296. The van der Waals surface area contributed by atoms with E-state index in [4.69, 9.17) is 5.73 Å². The first-order valence-electron chi connectivity index (χ1n) is 5.14. The van der Waals surface area contributed by atoms with E-state index >= 15 is 0 Å². The van der Waals surface area contributed by atoms with Gasteiger partial charge < -0.3 is 15.6 Å². The molecule has 5 nitrogen and oxygen atoms in total. The summed E-state index contributed by atoms with van der Waals surface area (Å²) in [4.78, 5) is 20.3. The number of H-pyrrole nitrogens is 1. The van der Waals surface area contributed by atoms with Crippen molar-refractivity contribution in [1.82, 2.24) is 14.9 Å². The molecule has 84 valence electrons. The molecule has 0 aliphatic carbocycles. The van der Waals surface area contributed by atoms with E-state index in [9.17, 15) is 4.79 Å². The van der Waals surface area contributed by atoms with Crippen LogP contribution in [-0.2, 0) is 11.3 Å². The van der Waals surface area contributed by atoms with Crippen LogP contribution in [-0.4, -0.2) is 33.9 Å². The van der Waals surface area contributed by atoms with Gasteiger partial charge in [0.2, 0.25) is 5.91 Å². The van der Waals surface area contributed by atoms with E-state index in [2.05, 4.69) is 9.97 Å². The Hall–Kier alpha value is -1.36. The zero-order valence-electron chi connectivity index (χ0n) is 9.23. The highest BCUT2D eigenvalue weighted by Gasteiger charge is 2.17. The van der Waals surface area contributed by atoms with Gasteiger partial charge in [-0.2, -0.15) is 0 Å². The molecule has 0 radical (unpaired) electrons. The molecule has 1 aromatic heterocycles. The van der Waals surface area contributed by atoms with Crippen LogP contribution in [0.4, 0.5) is 0 Å². The number of hydrogen-bond donors (Lipinski definition) is 2. The normalized spacial score (nSPS) is 12.5. The number of imidazole rings is 1. The average Bonchev–Trinajstić information content (AvgIpc) is 2.69. The maximum Gasteiger partial charge on any atom is 0.239 e. The number of aromatic nitrogens is 2. The summed E-state index contributed by atoms with van der Waals surface area (Å²) in [5.41, 5.74) is 5.74. The van der Waals surface area contributed by atoms with E-state index in [0.29, 0.717) is 6.54 Å². The summed E-state index contributed by atoms with van der Waals surface area (Å²) in [7, 11) is 1.74. The Labute approximate surface area is 89.7 Å². The molecule has 15 heavy (non-hydrogen) atoms. The van der Waals surface area contributed by atoms with Crippen molar-refractivity contribution in [3.63, 3.8) is 0 Å². The monoisotopic (exact) mass is 210 g/mol. The highest BCUT2D eigenvalue weighted by molar-refractivity contribution is 5.81. The first-order valence-corrected chi connectivity index (χ1v) is 5.14. The van der Waals surface area contributed by atoms with Gasteiger partial charge in [-0.3, -0.25) is 4.79 Å². The molecule has 0 fully saturated rings. The van der Waals surface area contributed by atoms with Crippen LogP contribution >= 0.6 is 0 Å². The molecule has 1 rings (SSSR count). The lowest BCUT2D eigenvalue weighted by Gasteiger charge is -2.19. The van der Waals surface area contributed by atoms with Crippen molar-refractivity contribution in [3.05, 3.63) is 18.2 Å². The summed E-state index contributed by atoms with van der Waals surface area (Å²) in [6.07, 6.45) is 5.04. The van der Waals surface area contributed by atoms with E-state index in [0.717, 1.165) is 18.7 Å². The molecular weight excluding hydrogens is 192 g/mol. The third kappa shape index (κ3) is 3.36. The van der Waals surface area contributed by atoms with Crippen molar-refractivity contribution in [1.29, 1.82) is 0 Å². The minimum absolute atomic E-state index is 0.0340. The molecule has 0 saturated heterocycles. The molecule has 0 aliphatic rings. The van der Waals surface area contributed by atoms with Gasteiger partial charge in [-0.25, -0.2) is 4.98 Å². The molecule has 1 atom stereocenters. The van der Waals surface area contributed by atoms with Crippen LogP contribution in [0.5, 0.6) is 0 Å². The quantitative estimate of drug-likeness (QED) is 0.743. The van der Waals surface area contributed by atoms with Gasteiger partial charge in [0.1, 0.15) is 5.82 Å². The average molecular weight is 210 g/mol. The van der Waals surface area contributed by atoms with Crippen molar-refractivity contribution in [3.8, 4) is 0 Å². The minimum Gasteiger partial charge on any atom is -0.347 e. The van der Waals surface area contributed by atoms with Crippen LogP contribution in [0, 0.1) is 0 Å². The minimum atomic E-state index is -0.394. The maximum atomic E-state index is 11.7. The number of aromatic amines is 1. The second-order valence-corrected chi connectivity index (χ2v) is 3.63. The molecule has 0 bridgehead atoms. The second kappa shape index (κ2) is 5.50. The standard InChI is InChI=1S/C10H18N4O/c1-3-4-8(11)10(15)14(2)7-9-12-5-6-13-9/h5-6,8H,3-4,7,11H2,1-2H3,(H,12,13). The van der Waals surface area contributed by atoms with Crippen LogP contribution in [0.15, 0.2) is 12.4 Å². The smallest absolute Gasteiger partial charge is 0.239 e. The third-order valence-electron chi connectivity index (χ3n) is 2.23. The van der Waals surface area contributed by atoms with Gasteiger partial charge in [0.25, 0.3) is 0 Å². The lowest BCUT2D eigenvalue weighted by atomic mass is 10.1. The lowest BCUT2D eigenvalue weighted by molar-refractivity contribution is -0.132. The molecular formula is C10H18N4O. The third-order valence-corrected chi connectivity index (χ3v) is 2.23. The van der Waals surface area contributed by atoms with E-state index in [1.807, 2.05) is 6.92 Å². The number of carbonyl (C=O) groups is 1. The Morgan fingerprint density at radius 2 is 2.47 bits per heavy atom. The van der Waals surface area contributed by atoms with E-state index in [-0.39, 0.29) is 5.91 Å². The fourth-order valence-corrected chi connectivity index (χ4v) is 1.40. The number of nitrogens with two attached hydrogens (primary N) is 1. The molecule has 5 heteroatoms. The van der Waals surface area contributed by atoms with Crippen molar-refractivity contribution in [2.75, 3.05) is 7.05 Å². The predicted octanol–water partition coefficient (Wildman–Crippen LogP) is 0.495. The second-order valence-electron chi connectivity index (χ2n) is 3.63. The summed E-state index contributed by atoms with van der Waals surface area (Å²) < 4.78 is 0. The summed E-state index contributed by atoms with van der Waals surface area (Å²) in [5.74, 6) is 0.739. The van der Waals surface area contributed by atoms with Gasteiger partial charge >= 0.3 is 0 Å². The van der Waals surface area contributed by atoms with E-state index < -0.39 is 6.04 Å². The highest BCUT2D eigenvalue weighted by atomic mass is 16.2. The number of nitrogens with one attached hydrogen (secondary N) is 1. The fourth-order valence-electron chi connectivity index (χ4n) is 1.40. The van der Waals surface area contributed by atoms with Crippen LogP contribution in [0.3, 0.4) is 0 Å². The fraction of sp³-hybridized carbons (Fsp3) is 0.600. The van der Waals surface area contributed by atoms with Crippen molar-refractivity contribution in [2.45, 2.75) is 32.4 Å². The molecule has 1 heterocycles. The van der Waals surface area contributed by atoms with Crippen LogP contribution in [0.1, 0.15) is 25.6 Å². The maximum absolute atomic E-state index is 11.7. The Balaban J connectivity index is 2.46. The molecule has 0 aromatic carbocycles. The highest BCUT2D eigenvalue weighted by Crippen LogP contribution is 2.01. The van der Waals surface area contributed by atoms with Crippen molar-refractivity contribution < 1.29 is 4.79 Å². The Morgan fingerprint density at radius 1 is 1.73 bits per heavy atom. The van der Waals surface area contributed by atoms with Crippen LogP contribution < -0.4 is 5.73 Å². The summed E-state index contributed by atoms with van der Waals surface area (Å²) in [6.45, 7) is 2.49.